The highest BCUT2D eigenvalue weighted by molar-refractivity contribution is 6.26. The molecule has 2 aromatic rings. The second kappa shape index (κ2) is 6.23. The molecule has 3 aliphatic rings. The number of allylic oxidation sites excluding steroid dienone is 1. The maximum atomic E-state index is 13.4. The first-order valence-corrected chi connectivity index (χ1v) is 9.84. The van der Waals surface area contributed by atoms with Crippen LogP contribution >= 0.6 is 0 Å². The van der Waals surface area contributed by atoms with Gasteiger partial charge in [0.15, 0.2) is 11.5 Å². The monoisotopic (exact) mass is 387 g/mol. The van der Waals surface area contributed by atoms with Crippen molar-refractivity contribution in [1.82, 2.24) is 9.97 Å². The first-order valence-electron chi connectivity index (χ1n) is 9.84. The van der Waals surface area contributed by atoms with Gasteiger partial charge in [0.05, 0.1) is 35.3 Å². The number of hydrogen-bond donors (Lipinski definition) is 1. The fraction of sp³-hybridized carbons (Fsp3) is 0.391. The zero-order chi connectivity index (χ0) is 20.4. The molecule has 1 aliphatic carbocycles. The van der Waals surface area contributed by atoms with Crippen molar-refractivity contribution < 1.29 is 14.6 Å². The summed E-state index contributed by atoms with van der Waals surface area (Å²) in [6, 6.07) is 6.17. The lowest BCUT2D eigenvalue weighted by atomic mass is 9.73. The molecule has 0 unspecified atom stereocenters. The molecule has 1 aromatic heterocycles. The van der Waals surface area contributed by atoms with Crippen molar-refractivity contribution in [3.05, 3.63) is 63.9 Å². The summed E-state index contributed by atoms with van der Waals surface area (Å²) in [5.41, 5.74) is 5.26. The third-order valence-electron chi connectivity index (χ3n) is 6.59. The lowest BCUT2D eigenvalue weighted by Crippen LogP contribution is -2.34. The van der Waals surface area contributed by atoms with Crippen LogP contribution in [0.2, 0.25) is 0 Å². The summed E-state index contributed by atoms with van der Waals surface area (Å²) < 4.78 is 6.12. The average molecular weight is 387 g/mol. The number of hydrogen-bond acceptors (Lipinski definition) is 6. The Morgan fingerprint density at radius 3 is 2.52 bits per heavy atom. The minimum atomic E-state index is -0.394. The number of ether oxygens (including phenoxy) is 1. The van der Waals surface area contributed by atoms with Crippen LogP contribution in [0.1, 0.15) is 46.0 Å². The van der Waals surface area contributed by atoms with E-state index in [4.69, 9.17) is 4.74 Å². The second-order valence-electron chi connectivity index (χ2n) is 8.33. The maximum absolute atomic E-state index is 13.4. The van der Waals surface area contributed by atoms with Gasteiger partial charge in [-0.3, -0.25) is 9.78 Å². The molecule has 2 bridgehead atoms. The molecular weight excluding hydrogens is 366 g/mol. The summed E-state index contributed by atoms with van der Waals surface area (Å²) in [7, 11) is 0. The van der Waals surface area contributed by atoms with E-state index in [0.717, 1.165) is 22.3 Å². The van der Waals surface area contributed by atoms with E-state index in [1.165, 1.54) is 6.20 Å². The largest absolute Gasteiger partial charge is 0.511 e. The number of aliphatic hydroxyl groups excluding tert-OH is 1. The second-order valence-corrected chi connectivity index (χ2v) is 8.33. The molecule has 0 amide bonds. The predicted molar refractivity (Wildman–Crippen MR) is 105 cm³/mol. The number of aromatic nitrogens is 2. The number of fused-ring (bicyclic) bond motifs is 5. The van der Waals surface area contributed by atoms with Gasteiger partial charge in [0.2, 0.25) is 0 Å². The molecule has 0 spiro atoms. The fourth-order valence-corrected chi connectivity index (χ4v) is 5.65. The topological polar surface area (TPSA) is 96.1 Å². The van der Waals surface area contributed by atoms with Crippen molar-refractivity contribution >= 4 is 11.4 Å². The quantitative estimate of drug-likeness (QED) is 0.849. The van der Waals surface area contributed by atoms with Gasteiger partial charge in [-0.1, -0.05) is 17.7 Å². The maximum Gasteiger partial charge on any atom is 0.173 e. The SMILES string of the molecule is Cc1cc(C)c(C2=C(O)[C@@H]3[C@@H]4O[C@@H](C[C@H]4c4nccnc4C#N)[C@@H]3C2=O)c(C)c1. The van der Waals surface area contributed by atoms with E-state index in [-0.39, 0.29) is 41.3 Å². The van der Waals surface area contributed by atoms with Crippen molar-refractivity contribution in [2.24, 2.45) is 11.8 Å². The summed E-state index contributed by atoms with van der Waals surface area (Å²) in [6.07, 6.45) is 3.02. The van der Waals surface area contributed by atoms with Crippen LogP contribution in [0.25, 0.3) is 5.57 Å². The van der Waals surface area contributed by atoms with Crippen LogP contribution in [0.3, 0.4) is 0 Å². The van der Waals surface area contributed by atoms with Crippen LogP contribution in [0.15, 0.2) is 30.3 Å². The smallest absolute Gasteiger partial charge is 0.173 e. The normalized spacial score (nSPS) is 30.0. The lowest BCUT2D eigenvalue weighted by molar-refractivity contribution is -0.118. The van der Waals surface area contributed by atoms with Crippen molar-refractivity contribution in [3.8, 4) is 6.07 Å². The molecule has 29 heavy (non-hydrogen) atoms. The molecule has 5 atom stereocenters. The van der Waals surface area contributed by atoms with E-state index in [2.05, 4.69) is 16.0 Å². The summed E-state index contributed by atoms with van der Waals surface area (Å²) in [5.74, 6) is -0.828. The van der Waals surface area contributed by atoms with Gasteiger partial charge in [0, 0.05) is 18.3 Å². The van der Waals surface area contributed by atoms with Crippen LogP contribution in [0.4, 0.5) is 0 Å². The van der Waals surface area contributed by atoms with Gasteiger partial charge in [-0.25, -0.2) is 4.98 Å². The molecular formula is C23H21N3O3. The molecule has 1 N–H and O–H groups in total. The number of rotatable bonds is 2. The van der Waals surface area contributed by atoms with Gasteiger partial charge in [-0.2, -0.15) is 5.26 Å². The van der Waals surface area contributed by atoms with Crippen LogP contribution in [-0.4, -0.2) is 33.1 Å². The Hall–Kier alpha value is -3.04. The predicted octanol–water partition coefficient (Wildman–Crippen LogP) is 3.31. The van der Waals surface area contributed by atoms with E-state index >= 15 is 0 Å². The van der Waals surface area contributed by atoms with Crippen molar-refractivity contribution in [2.75, 3.05) is 0 Å². The van der Waals surface area contributed by atoms with Crippen molar-refractivity contribution in [2.45, 2.75) is 45.3 Å². The summed E-state index contributed by atoms with van der Waals surface area (Å²) in [4.78, 5) is 21.9. The van der Waals surface area contributed by atoms with E-state index < -0.39 is 5.92 Å². The molecule has 2 aliphatic heterocycles. The summed E-state index contributed by atoms with van der Waals surface area (Å²) >= 11 is 0. The van der Waals surface area contributed by atoms with Crippen molar-refractivity contribution in [1.29, 1.82) is 5.26 Å². The molecule has 146 valence electrons. The molecule has 0 saturated carbocycles. The Balaban J connectivity index is 1.59. The van der Waals surface area contributed by atoms with E-state index in [1.807, 2.05) is 32.9 Å². The minimum Gasteiger partial charge on any atom is -0.511 e. The highest BCUT2D eigenvalue weighted by atomic mass is 16.5. The number of aliphatic hydroxyl groups is 1. The summed E-state index contributed by atoms with van der Waals surface area (Å²) in [6.45, 7) is 5.98. The Kier molecular flexibility index (Phi) is 3.87. The number of ketones is 1. The number of Topliss-reactive ketones (excluding diaryl/α,β-unsaturated/α-hetero) is 1. The Morgan fingerprint density at radius 2 is 1.83 bits per heavy atom. The van der Waals surface area contributed by atoms with Crippen LogP contribution in [0, 0.1) is 43.9 Å². The highest BCUT2D eigenvalue weighted by Crippen LogP contribution is 2.58. The Bertz CT molecular complexity index is 1110. The van der Waals surface area contributed by atoms with Gasteiger partial charge in [-0.05, 0) is 43.9 Å². The number of benzene rings is 1. The van der Waals surface area contributed by atoms with Gasteiger partial charge in [-0.15, -0.1) is 0 Å². The van der Waals surface area contributed by atoms with E-state index in [1.54, 1.807) is 6.20 Å². The molecule has 5 rings (SSSR count). The van der Waals surface area contributed by atoms with E-state index in [0.29, 0.717) is 17.7 Å². The minimum absolute atomic E-state index is 0.0341. The number of aryl methyl sites for hydroxylation is 3. The highest BCUT2D eigenvalue weighted by Gasteiger charge is 2.63. The van der Waals surface area contributed by atoms with Crippen LogP contribution in [-0.2, 0) is 9.53 Å². The molecule has 0 radical (unpaired) electrons. The number of nitriles is 1. The van der Waals surface area contributed by atoms with Gasteiger partial charge in [0.1, 0.15) is 11.8 Å². The third-order valence-corrected chi connectivity index (χ3v) is 6.59. The molecule has 6 nitrogen and oxygen atoms in total. The Morgan fingerprint density at radius 1 is 1.14 bits per heavy atom. The first kappa shape index (κ1) is 18.0. The Labute approximate surface area is 168 Å². The zero-order valence-electron chi connectivity index (χ0n) is 16.5. The lowest BCUT2D eigenvalue weighted by Gasteiger charge is -2.27. The van der Waals surface area contributed by atoms with Crippen LogP contribution < -0.4 is 0 Å². The molecule has 1 aromatic carbocycles. The zero-order valence-corrected chi connectivity index (χ0v) is 16.5. The molecule has 3 heterocycles. The number of carbonyl (C=O) groups excluding carboxylic acids is 1. The molecule has 6 heteroatoms. The van der Waals surface area contributed by atoms with E-state index in [9.17, 15) is 15.2 Å². The average Bonchev–Trinajstić information content (AvgIpc) is 3.34. The fourth-order valence-electron chi connectivity index (χ4n) is 5.65. The standard InChI is InChI=1S/C23H21N3O3/c1-10-6-11(2)16(12(3)7-10)18-21(27)17-15-8-13(23(29-15)19(17)22(18)28)20-14(9-24)25-4-5-26-20/h4-7,13,15,17,19,23,28H,8H2,1-3H3/t13-,15-,17-,19+,23+/m0/s1. The summed E-state index contributed by atoms with van der Waals surface area (Å²) in [5, 5.41) is 20.6. The van der Waals surface area contributed by atoms with Gasteiger partial charge >= 0.3 is 0 Å². The number of nitrogens with zero attached hydrogens (tertiary/aromatic N) is 3. The van der Waals surface area contributed by atoms with Gasteiger partial charge in [0.25, 0.3) is 0 Å². The molecule has 2 saturated heterocycles. The molecule has 2 fully saturated rings. The number of carbonyl (C=O) groups is 1. The van der Waals surface area contributed by atoms with Crippen molar-refractivity contribution in [3.63, 3.8) is 0 Å². The first-order chi connectivity index (χ1) is 13.9. The van der Waals surface area contributed by atoms with Gasteiger partial charge < -0.3 is 9.84 Å². The third kappa shape index (κ3) is 2.41. The van der Waals surface area contributed by atoms with Crippen LogP contribution in [0.5, 0.6) is 0 Å².